The summed E-state index contributed by atoms with van der Waals surface area (Å²) >= 11 is 0. The Morgan fingerprint density at radius 3 is 2.56 bits per heavy atom. The van der Waals surface area contributed by atoms with Crippen LogP contribution in [0.2, 0.25) is 0 Å². The summed E-state index contributed by atoms with van der Waals surface area (Å²) < 4.78 is 16.1. The van der Waals surface area contributed by atoms with E-state index in [1.807, 2.05) is 42.5 Å². The van der Waals surface area contributed by atoms with Crippen LogP contribution >= 0.6 is 0 Å². The lowest BCUT2D eigenvalue weighted by Crippen LogP contribution is -2.37. The number of para-hydroxylation sites is 1. The van der Waals surface area contributed by atoms with Gasteiger partial charge in [0, 0.05) is 39.5 Å². The number of nitrogens with zero attached hydrogens (tertiary/aromatic N) is 2. The molecule has 0 aliphatic heterocycles. The molecule has 1 heterocycles. The number of rotatable bonds is 11. The second-order valence-corrected chi connectivity index (χ2v) is 5.71. The van der Waals surface area contributed by atoms with Crippen LogP contribution in [0.1, 0.15) is 12.0 Å². The molecule has 0 saturated heterocycles. The zero-order valence-corrected chi connectivity index (χ0v) is 16.0. The SMILES string of the molecule is CN=C(NCCCOc1ccccc1)NCc1ccc(OCCOC)nc1. The zero-order chi connectivity index (χ0) is 19.2. The first-order valence-corrected chi connectivity index (χ1v) is 9.01. The van der Waals surface area contributed by atoms with Gasteiger partial charge in [0.25, 0.3) is 0 Å². The number of guanidine groups is 1. The molecule has 0 radical (unpaired) electrons. The summed E-state index contributed by atoms with van der Waals surface area (Å²) in [5.41, 5.74) is 1.05. The average Bonchev–Trinajstić information content (AvgIpc) is 2.72. The first kappa shape index (κ1) is 20.5. The smallest absolute Gasteiger partial charge is 0.213 e. The number of methoxy groups -OCH3 is 1. The third-order valence-electron chi connectivity index (χ3n) is 3.64. The van der Waals surface area contributed by atoms with Crippen molar-refractivity contribution in [3.05, 3.63) is 54.2 Å². The molecule has 2 N–H and O–H groups in total. The van der Waals surface area contributed by atoms with E-state index in [-0.39, 0.29) is 0 Å². The maximum atomic E-state index is 5.67. The second kappa shape index (κ2) is 12.5. The van der Waals surface area contributed by atoms with Crippen molar-refractivity contribution in [3.8, 4) is 11.6 Å². The molecule has 0 aliphatic rings. The highest BCUT2D eigenvalue weighted by Crippen LogP contribution is 2.08. The largest absolute Gasteiger partial charge is 0.494 e. The van der Waals surface area contributed by atoms with Crippen molar-refractivity contribution >= 4 is 5.96 Å². The average molecular weight is 372 g/mol. The van der Waals surface area contributed by atoms with Gasteiger partial charge in [-0.05, 0) is 24.1 Å². The monoisotopic (exact) mass is 372 g/mol. The Balaban J connectivity index is 1.62. The summed E-state index contributed by atoms with van der Waals surface area (Å²) in [6.45, 7) is 3.10. The van der Waals surface area contributed by atoms with Crippen molar-refractivity contribution in [1.82, 2.24) is 15.6 Å². The number of aromatic nitrogens is 1. The number of nitrogens with one attached hydrogen (secondary N) is 2. The van der Waals surface area contributed by atoms with Crippen molar-refractivity contribution in [2.45, 2.75) is 13.0 Å². The lowest BCUT2D eigenvalue weighted by atomic mass is 10.3. The van der Waals surface area contributed by atoms with Gasteiger partial charge >= 0.3 is 0 Å². The minimum absolute atomic E-state index is 0.492. The third kappa shape index (κ3) is 8.42. The lowest BCUT2D eigenvalue weighted by Gasteiger charge is -2.12. The first-order valence-electron chi connectivity index (χ1n) is 9.01. The fourth-order valence-electron chi connectivity index (χ4n) is 2.22. The van der Waals surface area contributed by atoms with Crippen LogP contribution in [0.5, 0.6) is 11.6 Å². The van der Waals surface area contributed by atoms with E-state index in [0.717, 1.165) is 30.2 Å². The molecule has 2 rings (SSSR count). The molecule has 0 aliphatic carbocycles. The Bertz CT molecular complexity index is 663. The minimum Gasteiger partial charge on any atom is -0.494 e. The van der Waals surface area contributed by atoms with Crippen LogP contribution in [0.25, 0.3) is 0 Å². The third-order valence-corrected chi connectivity index (χ3v) is 3.64. The summed E-state index contributed by atoms with van der Waals surface area (Å²) in [6, 6.07) is 13.6. The molecule has 0 spiro atoms. The maximum absolute atomic E-state index is 5.67. The summed E-state index contributed by atoms with van der Waals surface area (Å²) in [5, 5.41) is 6.53. The molecule has 7 nitrogen and oxygen atoms in total. The minimum atomic E-state index is 0.492. The molecule has 0 saturated carbocycles. The number of aliphatic imine (C=N–C) groups is 1. The van der Waals surface area contributed by atoms with Crippen molar-refractivity contribution in [3.63, 3.8) is 0 Å². The van der Waals surface area contributed by atoms with Gasteiger partial charge in [-0.1, -0.05) is 24.3 Å². The van der Waals surface area contributed by atoms with Gasteiger partial charge in [0.05, 0.1) is 13.2 Å². The topological polar surface area (TPSA) is 77.0 Å². The Morgan fingerprint density at radius 1 is 1.00 bits per heavy atom. The molecule has 27 heavy (non-hydrogen) atoms. The molecule has 0 unspecified atom stereocenters. The Labute approximate surface area is 160 Å². The van der Waals surface area contributed by atoms with E-state index in [0.29, 0.717) is 32.2 Å². The van der Waals surface area contributed by atoms with Crippen molar-refractivity contribution in [1.29, 1.82) is 0 Å². The van der Waals surface area contributed by atoms with Crippen molar-refractivity contribution in [2.75, 3.05) is 40.5 Å². The molecule has 146 valence electrons. The van der Waals surface area contributed by atoms with Crippen LogP contribution in [-0.2, 0) is 11.3 Å². The van der Waals surface area contributed by atoms with Crippen LogP contribution in [0.15, 0.2) is 53.7 Å². The van der Waals surface area contributed by atoms with Gasteiger partial charge in [-0.2, -0.15) is 0 Å². The van der Waals surface area contributed by atoms with Crippen LogP contribution < -0.4 is 20.1 Å². The van der Waals surface area contributed by atoms with Crippen LogP contribution in [0, 0.1) is 0 Å². The molecule has 1 aromatic heterocycles. The highest BCUT2D eigenvalue weighted by molar-refractivity contribution is 5.79. The first-order chi connectivity index (χ1) is 13.3. The number of ether oxygens (including phenoxy) is 3. The van der Waals surface area contributed by atoms with Crippen LogP contribution in [0.4, 0.5) is 0 Å². The lowest BCUT2D eigenvalue weighted by molar-refractivity contribution is 0.143. The number of pyridine rings is 1. The molecule has 1 aromatic carbocycles. The predicted octanol–water partition coefficient (Wildman–Crippen LogP) is 2.24. The van der Waals surface area contributed by atoms with Crippen molar-refractivity contribution < 1.29 is 14.2 Å². The van der Waals surface area contributed by atoms with E-state index < -0.39 is 0 Å². The molecule has 0 fully saturated rings. The van der Waals surface area contributed by atoms with Gasteiger partial charge in [0.1, 0.15) is 12.4 Å². The highest BCUT2D eigenvalue weighted by Gasteiger charge is 2.00. The van der Waals surface area contributed by atoms with E-state index in [4.69, 9.17) is 14.2 Å². The predicted molar refractivity (Wildman–Crippen MR) is 106 cm³/mol. The fraction of sp³-hybridized carbons (Fsp3) is 0.400. The van der Waals surface area contributed by atoms with Crippen molar-refractivity contribution in [2.24, 2.45) is 4.99 Å². The molecular formula is C20H28N4O3. The Hall–Kier alpha value is -2.80. The van der Waals surface area contributed by atoms with Gasteiger partial charge in [-0.3, -0.25) is 4.99 Å². The molecule has 7 heteroatoms. The van der Waals surface area contributed by atoms with E-state index >= 15 is 0 Å². The summed E-state index contributed by atoms with van der Waals surface area (Å²) in [7, 11) is 3.39. The van der Waals surface area contributed by atoms with Gasteiger partial charge < -0.3 is 24.8 Å². The fourth-order valence-corrected chi connectivity index (χ4v) is 2.22. The Morgan fingerprint density at radius 2 is 1.85 bits per heavy atom. The number of benzene rings is 1. The zero-order valence-electron chi connectivity index (χ0n) is 16.0. The van der Waals surface area contributed by atoms with Gasteiger partial charge in [-0.15, -0.1) is 0 Å². The second-order valence-electron chi connectivity index (χ2n) is 5.71. The van der Waals surface area contributed by atoms with Gasteiger partial charge in [-0.25, -0.2) is 4.98 Å². The normalized spacial score (nSPS) is 11.1. The van der Waals surface area contributed by atoms with E-state index in [1.54, 1.807) is 20.4 Å². The Kier molecular flexibility index (Phi) is 9.52. The quantitative estimate of drug-likeness (QED) is 0.358. The molecule has 0 bridgehead atoms. The van der Waals surface area contributed by atoms with E-state index in [2.05, 4.69) is 20.6 Å². The van der Waals surface area contributed by atoms with Gasteiger partial charge in [0.2, 0.25) is 5.88 Å². The summed E-state index contributed by atoms with van der Waals surface area (Å²) in [6.07, 6.45) is 2.67. The molecule has 0 amide bonds. The van der Waals surface area contributed by atoms with Crippen LogP contribution in [-0.4, -0.2) is 51.5 Å². The van der Waals surface area contributed by atoms with Crippen LogP contribution in [0.3, 0.4) is 0 Å². The number of hydrogen-bond donors (Lipinski definition) is 2. The molecule has 2 aromatic rings. The molecular weight excluding hydrogens is 344 g/mol. The standard InChI is InChI=1S/C20H28N4O3/c1-21-20(22-11-6-12-26-18-7-4-3-5-8-18)24-16-17-9-10-19(23-15-17)27-14-13-25-2/h3-5,7-10,15H,6,11-14,16H2,1-2H3,(H2,21,22,24). The summed E-state index contributed by atoms with van der Waals surface area (Å²) in [5.74, 6) is 2.23. The summed E-state index contributed by atoms with van der Waals surface area (Å²) in [4.78, 5) is 8.50. The maximum Gasteiger partial charge on any atom is 0.213 e. The van der Waals surface area contributed by atoms with Gasteiger partial charge in [0.15, 0.2) is 5.96 Å². The van der Waals surface area contributed by atoms with E-state index in [1.165, 1.54) is 0 Å². The number of hydrogen-bond acceptors (Lipinski definition) is 5. The van der Waals surface area contributed by atoms with E-state index in [9.17, 15) is 0 Å². The molecule has 0 atom stereocenters. The highest BCUT2D eigenvalue weighted by atomic mass is 16.5.